The molecule has 1 atom stereocenters. The fourth-order valence-electron chi connectivity index (χ4n) is 1.53. The van der Waals surface area contributed by atoms with Gasteiger partial charge in [-0.25, -0.2) is 0 Å². The topological polar surface area (TPSA) is 55.8 Å². The molecule has 0 bridgehead atoms. The molecule has 1 unspecified atom stereocenters. The zero-order chi connectivity index (χ0) is 15.1. The maximum Gasteiger partial charge on any atom is 0.305 e. The number of aliphatic hydroxyl groups excluding tert-OH is 1. The molecule has 0 saturated carbocycles. The quantitative estimate of drug-likeness (QED) is 0.258. The highest BCUT2D eigenvalue weighted by molar-refractivity contribution is 5.69. The van der Waals surface area contributed by atoms with Gasteiger partial charge in [-0.2, -0.15) is 0 Å². The van der Waals surface area contributed by atoms with E-state index in [4.69, 9.17) is 21.0 Å². The van der Waals surface area contributed by atoms with Crippen LogP contribution in [0.25, 0.3) is 0 Å². The van der Waals surface area contributed by atoms with E-state index < -0.39 is 6.10 Å². The lowest BCUT2D eigenvalue weighted by atomic mass is 10.2. The van der Waals surface area contributed by atoms with E-state index in [2.05, 4.69) is 12.0 Å². The van der Waals surface area contributed by atoms with Crippen molar-refractivity contribution in [2.45, 2.75) is 51.6 Å². The monoisotopic (exact) mass is 282 g/mol. The number of rotatable bonds is 12. The van der Waals surface area contributed by atoms with Crippen LogP contribution in [0.15, 0.2) is 12.2 Å². The lowest BCUT2D eigenvalue weighted by Gasteiger charge is -2.15. The molecule has 0 aromatic rings. The van der Waals surface area contributed by atoms with Gasteiger partial charge in [-0.3, -0.25) is 4.79 Å². The minimum absolute atomic E-state index is 0.0975. The second kappa shape index (κ2) is 14.1. The molecule has 0 radical (unpaired) electrons. The molecule has 0 aliphatic heterocycles. The van der Waals surface area contributed by atoms with Crippen molar-refractivity contribution in [1.29, 1.82) is 0 Å². The molecule has 0 amide bonds. The van der Waals surface area contributed by atoms with Crippen LogP contribution in [0.5, 0.6) is 0 Å². The molecular weight excluding hydrogens is 256 g/mol. The van der Waals surface area contributed by atoms with E-state index in [1.807, 2.05) is 13.0 Å². The Morgan fingerprint density at radius 2 is 2.20 bits per heavy atom. The van der Waals surface area contributed by atoms with E-state index in [9.17, 15) is 4.79 Å². The molecule has 1 N–H and O–H groups in total. The third-order valence-corrected chi connectivity index (χ3v) is 2.69. The van der Waals surface area contributed by atoms with E-state index >= 15 is 0 Å². The fourth-order valence-corrected chi connectivity index (χ4v) is 1.53. The fraction of sp³-hybridized carbons (Fsp3) is 0.688. The third kappa shape index (κ3) is 11.8. The molecule has 0 fully saturated rings. The van der Waals surface area contributed by atoms with Crippen molar-refractivity contribution >= 4 is 5.97 Å². The van der Waals surface area contributed by atoms with Gasteiger partial charge in [-0.15, -0.1) is 12.3 Å². The number of hydrogen-bond donors (Lipinski definition) is 1. The van der Waals surface area contributed by atoms with Crippen LogP contribution in [0.4, 0.5) is 0 Å². The molecule has 0 aliphatic carbocycles. The molecule has 0 aromatic heterocycles. The van der Waals surface area contributed by atoms with Gasteiger partial charge in [0.25, 0.3) is 0 Å². The van der Waals surface area contributed by atoms with E-state index in [1.165, 1.54) is 0 Å². The lowest BCUT2D eigenvalue weighted by molar-refractivity contribution is -0.149. The van der Waals surface area contributed by atoms with E-state index in [-0.39, 0.29) is 19.2 Å². The summed E-state index contributed by atoms with van der Waals surface area (Å²) in [6.45, 7) is 2.51. The van der Waals surface area contributed by atoms with Crippen LogP contribution in [0.1, 0.15) is 45.4 Å². The molecule has 0 aromatic carbocycles. The first-order chi connectivity index (χ1) is 9.74. The number of unbranched alkanes of at least 4 members (excludes halogenated alkanes) is 3. The molecule has 0 heterocycles. The maximum atomic E-state index is 11.4. The Hall–Kier alpha value is -1.31. The van der Waals surface area contributed by atoms with E-state index in [1.54, 1.807) is 0 Å². The first kappa shape index (κ1) is 18.7. The summed E-state index contributed by atoms with van der Waals surface area (Å²) in [6.07, 6.45) is 13.3. The second-order valence-corrected chi connectivity index (χ2v) is 4.48. The number of carbonyl (C=O) groups excluding carboxylic acids is 1. The number of aliphatic hydroxyl groups is 1. The third-order valence-electron chi connectivity index (χ3n) is 2.69. The molecule has 0 rings (SSSR count). The average molecular weight is 282 g/mol. The predicted molar refractivity (Wildman–Crippen MR) is 79.1 cm³/mol. The van der Waals surface area contributed by atoms with Crippen molar-refractivity contribution in [3.8, 4) is 12.3 Å². The summed E-state index contributed by atoms with van der Waals surface area (Å²) in [7, 11) is 0. The van der Waals surface area contributed by atoms with Crippen LogP contribution >= 0.6 is 0 Å². The summed E-state index contributed by atoms with van der Waals surface area (Å²) in [6, 6.07) is 0. The van der Waals surface area contributed by atoms with Crippen molar-refractivity contribution < 1.29 is 19.4 Å². The number of allylic oxidation sites excluding steroid dienone is 2. The summed E-state index contributed by atoms with van der Waals surface area (Å²) in [5, 5.41) is 9.14. The SMILES string of the molecule is C#CCCCC(=O)OCC(CO)OCCCC/C=C\C. The highest BCUT2D eigenvalue weighted by atomic mass is 16.6. The molecular formula is C16H26O4. The van der Waals surface area contributed by atoms with Crippen LogP contribution in [-0.4, -0.2) is 37.0 Å². The summed E-state index contributed by atoms with van der Waals surface area (Å²) in [5.41, 5.74) is 0. The van der Waals surface area contributed by atoms with Gasteiger partial charge in [-0.1, -0.05) is 12.2 Å². The normalized spacial score (nSPS) is 12.2. The van der Waals surface area contributed by atoms with Crippen LogP contribution in [0.3, 0.4) is 0 Å². The Kier molecular flexibility index (Phi) is 13.2. The van der Waals surface area contributed by atoms with Crippen LogP contribution in [0, 0.1) is 12.3 Å². The molecule has 20 heavy (non-hydrogen) atoms. The molecule has 4 heteroatoms. The summed E-state index contributed by atoms with van der Waals surface area (Å²) in [5.74, 6) is 2.17. The van der Waals surface area contributed by atoms with Crippen molar-refractivity contribution in [2.75, 3.05) is 19.8 Å². The summed E-state index contributed by atoms with van der Waals surface area (Å²) < 4.78 is 10.5. The van der Waals surface area contributed by atoms with Crippen LogP contribution in [-0.2, 0) is 14.3 Å². The first-order valence-corrected chi connectivity index (χ1v) is 7.17. The minimum atomic E-state index is -0.437. The highest BCUT2D eigenvalue weighted by Gasteiger charge is 2.11. The smallest absolute Gasteiger partial charge is 0.305 e. The molecule has 0 spiro atoms. The van der Waals surface area contributed by atoms with E-state index in [0.29, 0.717) is 25.9 Å². The van der Waals surface area contributed by atoms with Crippen LogP contribution < -0.4 is 0 Å². The molecule has 0 saturated heterocycles. The minimum Gasteiger partial charge on any atom is -0.463 e. The van der Waals surface area contributed by atoms with Gasteiger partial charge in [-0.05, 0) is 32.6 Å². The Morgan fingerprint density at radius 1 is 1.40 bits per heavy atom. The molecule has 4 nitrogen and oxygen atoms in total. The first-order valence-electron chi connectivity index (χ1n) is 7.17. The second-order valence-electron chi connectivity index (χ2n) is 4.48. The van der Waals surface area contributed by atoms with Gasteiger partial charge in [0.1, 0.15) is 12.7 Å². The summed E-state index contributed by atoms with van der Waals surface area (Å²) in [4.78, 5) is 11.4. The maximum absolute atomic E-state index is 11.4. The lowest BCUT2D eigenvalue weighted by Crippen LogP contribution is -2.26. The van der Waals surface area contributed by atoms with Gasteiger partial charge in [0.05, 0.1) is 6.61 Å². The molecule has 114 valence electrons. The highest BCUT2D eigenvalue weighted by Crippen LogP contribution is 2.02. The Labute approximate surface area is 122 Å². The van der Waals surface area contributed by atoms with Gasteiger partial charge >= 0.3 is 5.97 Å². The van der Waals surface area contributed by atoms with Gasteiger partial charge in [0.15, 0.2) is 0 Å². The standard InChI is InChI=1S/C16H26O4/c1-3-5-7-8-10-12-19-15(13-17)14-20-16(18)11-9-6-4-2/h2-3,5,15,17H,6-14H2,1H3/b5-3-. The number of ether oxygens (including phenoxy) is 2. The zero-order valence-electron chi connectivity index (χ0n) is 12.3. The Morgan fingerprint density at radius 3 is 2.85 bits per heavy atom. The number of carbonyl (C=O) groups is 1. The van der Waals surface area contributed by atoms with Gasteiger partial charge in [0.2, 0.25) is 0 Å². The van der Waals surface area contributed by atoms with Crippen molar-refractivity contribution in [2.24, 2.45) is 0 Å². The van der Waals surface area contributed by atoms with Gasteiger partial charge < -0.3 is 14.6 Å². The predicted octanol–water partition coefficient (Wildman–Crippen LogP) is 2.46. The number of terminal acetylenes is 1. The number of esters is 1. The van der Waals surface area contributed by atoms with Crippen molar-refractivity contribution in [3.63, 3.8) is 0 Å². The van der Waals surface area contributed by atoms with Crippen LogP contribution in [0.2, 0.25) is 0 Å². The Bertz CT molecular complexity index is 304. The average Bonchev–Trinajstić information content (AvgIpc) is 2.46. The van der Waals surface area contributed by atoms with Crippen molar-refractivity contribution in [3.05, 3.63) is 12.2 Å². The summed E-state index contributed by atoms with van der Waals surface area (Å²) >= 11 is 0. The number of hydrogen-bond acceptors (Lipinski definition) is 4. The van der Waals surface area contributed by atoms with Gasteiger partial charge in [0, 0.05) is 19.4 Å². The van der Waals surface area contributed by atoms with Crippen molar-refractivity contribution in [1.82, 2.24) is 0 Å². The largest absolute Gasteiger partial charge is 0.463 e. The molecule has 0 aliphatic rings. The van der Waals surface area contributed by atoms with E-state index in [0.717, 1.165) is 19.3 Å². The zero-order valence-corrected chi connectivity index (χ0v) is 12.3. The Balaban J connectivity index is 3.60.